The van der Waals surface area contributed by atoms with Gasteiger partial charge in [-0.05, 0) is 31.6 Å². The van der Waals surface area contributed by atoms with Crippen molar-refractivity contribution < 1.29 is 9.31 Å². The van der Waals surface area contributed by atoms with Crippen molar-refractivity contribution in [3.8, 4) is 0 Å². The van der Waals surface area contributed by atoms with Gasteiger partial charge in [-0.1, -0.05) is 0 Å². The fourth-order valence-corrected chi connectivity index (χ4v) is 1.11. The van der Waals surface area contributed by atoms with Crippen molar-refractivity contribution in [2.75, 3.05) is 13.6 Å². The van der Waals surface area contributed by atoms with Crippen LogP contribution >= 0.6 is 0 Å². The summed E-state index contributed by atoms with van der Waals surface area (Å²) in [7, 11) is 1.77. The largest absolute Gasteiger partial charge is 0.319 e. The number of rotatable bonds is 4. The molecule has 4 nitrogen and oxygen atoms in total. The molecule has 0 atom stereocenters. The number of non-ortho nitro benzene ring substituents is 1. The quantitative estimate of drug-likeness (QED) is 0.589. The fourth-order valence-electron chi connectivity index (χ4n) is 1.11. The molecule has 14 heavy (non-hydrogen) atoms. The van der Waals surface area contributed by atoms with Gasteiger partial charge in [-0.2, -0.15) is 0 Å². The molecule has 1 N–H and O–H groups in total. The van der Waals surface area contributed by atoms with Gasteiger partial charge in [0.1, 0.15) is 5.82 Å². The zero-order chi connectivity index (χ0) is 10.6. The van der Waals surface area contributed by atoms with Crippen molar-refractivity contribution in [2.45, 2.75) is 6.42 Å². The summed E-state index contributed by atoms with van der Waals surface area (Å²) in [6.07, 6.45) is 0.528. The van der Waals surface area contributed by atoms with Gasteiger partial charge < -0.3 is 5.32 Å². The molecule has 76 valence electrons. The highest BCUT2D eigenvalue weighted by Gasteiger charge is 2.09. The lowest BCUT2D eigenvalue weighted by Crippen LogP contribution is -2.11. The van der Waals surface area contributed by atoms with E-state index in [1.807, 2.05) is 0 Å². The summed E-state index contributed by atoms with van der Waals surface area (Å²) in [4.78, 5) is 9.70. The predicted molar refractivity (Wildman–Crippen MR) is 50.7 cm³/mol. The maximum Gasteiger partial charge on any atom is 0.272 e. The first-order valence-corrected chi connectivity index (χ1v) is 4.22. The first kappa shape index (κ1) is 10.6. The molecular weight excluding hydrogens is 187 g/mol. The van der Waals surface area contributed by atoms with Gasteiger partial charge in [-0.3, -0.25) is 10.1 Å². The lowest BCUT2D eigenvalue weighted by molar-refractivity contribution is -0.385. The first-order valence-electron chi connectivity index (χ1n) is 4.22. The molecule has 0 aliphatic heterocycles. The summed E-state index contributed by atoms with van der Waals surface area (Å²) in [5.74, 6) is -0.519. The SMILES string of the molecule is CNCCc1ccc([N+](=O)[O-])cc1F. The zero-order valence-electron chi connectivity index (χ0n) is 7.79. The summed E-state index contributed by atoms with van der Waals surface area (Å²) in [6, 6.07) is 3.71. The molecule has 1 aromatic carbocycles. The van der Waals surface area contributed by atoms with Crippen molar-refractivity contribution in [3.05, 3.63) is 39.7 Å². The first-order chi connectivity index (χ1) is 6.65. The molecule has 0 aromatic heterocycles. The molecule has 0 unspecified atom stereocenters. The fraction of sp³-hybridized carbons (Fsp3) is 0.333. The van der Waals surface area contributed by atoms with E-state index >= 15 is 0 Å². The summed E-state index contributed by atoms with van der Waals surface area (Å²) < 4.78 is 13.2. The smallest absolute Gasteiger partial charge is 0.272 e. The summed E-state index contributed by atoms with van der Waals surface area (Å²) >= 11 is 0. The van der Waals surface area contributed by atoms with Crippen molar-refractivity contribution >= 4 is 5.69 Å². The van der Waals surface area contributed by atoms with Gasteiger partial charge >= 0.3 is 0 Å². The standard InChI is InChI=1S/C9H11FN2O2/c1-11-5-4-7-2-3-8(12(13)14)6-9(7)10/h2-3,6,11H,4-5H2,1H3. The van der Waals surface area contributed by atoms with E-state index in [0.29, 0.717) is 18.5 Å². The number of hydrogen-bond donors (Lipinski definition) is 1. The Balaban J connectivity index is 2.84. The normalized spacial score (nSPS) is 10.1. The Hall–Kier alpha value is -1.49. The Labute approximate surface area is 80.9 Å². The van der Waals surface area contributed by atoms with Crippen LogP contribution in [0.3, 0.4) is 0 Å². The average molecular weight is 198 g/mol. The molecule has 1 rings (SSSR count). The third-order valence-corrected chi connectivity index (χ3v) is 1.89. The third kappa shape index (κ3) is 2.50. The van der Waals surface area contributed by atoms with Crippen LogP contribution in [0.15, 0.2) is 18.2 Å². The van der Waals surface area contributed by atoms with Crippen LogP contribution in [0.4, 0.5) is 10.1 Å². The number of likely N-dealkylation sites (N-methyl/N-ethyl adjacent to an activating group) is 1. The van der Waals surface area contributed by atoms with Crippen molar-refractivity contribution in [2.24, 2.45) is 0 Å². The highest BCUT2D eigenvalue weighted by molar-refractivity contribution is 5.34. The number of nitro groups is 1. The molecule has 0 aliphatic carbocycles. The topological polar surface area (TPSA) is 55.2 Å². The van der Waals surface area contributed by atoms with Gasteiger partial charge in [0.25, 0.3) is 5.69 Å². The van der Waals surface area contributed by atoms with Crippen LogP contribution in [-0.4, -0.2) is 18.5 Å². The second-order valence-corrected chi connectivity index (χ2v) is 2.89. The molecule has 0 fully saturated rings. The second kappa shape index (κ2) is 4.66. The highest BCUT2D eigenvalue weighted by atomic mass is 19.1. The lowest BCUT2D eigenvalue weighted by atomic mass is 10.1. The highest BCUT2D eigenvalue weighted by Crippen LogP contribution is 2.16. The van der Waals surface area contributed by atoms with Gasteiger partial charge in [0.05, 0.1) is 11.0 Å². The number of nitro benzene ring substituents is 1. The summed E-state index contributed by atoms with van der Waals surface area (Å²) in [6.45, 7) is 0.648. The Morgan fingerprint density at radius 3 is 2.79 bits per heavy atom. The molecule has 0 spiro atoms. The van der Waals surface area contributed by atoms with Crippen LogP contribution in [-0.2, 0) is 6.42 Å². The van der Waals surface area contributed by atoms with E-state index in [0.717, 1.165) is 6.07 Å². The molecule has 0 amide bonds. The van der Waals surface area contributed by atoms with Crippen LogP contribution in [0.5, 0.6) is 0 Å². The van der Waals surface area contributed by atoms with Gasteiger partial charge in [-0.25, -0.2) is 4.39 Å². The van der Waals surface area contributed by atoms with Crippen molar-refractivity contribution in [1.29, 1.82) is 0 Å². The van der Waals surface area contributed by atoms with Crippen LogP contribution in [0.2, 0.25) is 0 Å². The van der Waals surface area contributed by atoms with Crippen molar-refractivity contribution in [3.63, 3.8) is 0 Å². The van der Waals surface area contributed by atoms with Crippen LogP contribution in [0.25, 0.3) is 0 Å². The number of halogens is 1. The van der Waals surface area contributed by atoms with Gasteiger partial charge in [-0.15, -0.1) is 0 Å². The molecule has 5 heteroatoms. The molecule has 0 saturated heterocycles. The van der Waals surface area contributed by atoms with Gasteiger partial charge in [0.2, 0.25) is 0 Å². The van der Waals surface area contributed by atoms with E-state index in [4.69, 9.17) is 0 Å². The minimum atomic E-state index is -0.606. The number of nitrogens with zero attached hydrogens (tertiary/aromatic N) is 1. The van der Waals surface area contributed by atoms with E-state index in [9.17, 15) is 14.5 Å². The Morgan fingerprint density at radius 1 is 1.57 bits per heavy atom. The van der Waals surface area contributed by atoms with E-state index < -0.39 is 10.7 Å². The third-order valence-electron chi connectivity index (χ3n) is 1.89. The molecule has 0 saturated carbocycles. The maximum absolute atomic E-state index is 13.2. The van der Waals surface area contributed by atoms with Gasteiger partial charge in [0, 0.05) is 6.07 Å². The van der Waals surface area contributed by atoms with Crippen LogP contribution in [0, 0.1) is 15.9 Å². The number of nitrogens with one attached hydrogen (secondary N) is 1. The average Bonchev–Trinajstić information content (AvgIpc) is 2.15. The lowest BCUT2D eigenvalue weighted by Gasteiger charge is -2.01. The van der Waals surface area contributed by atoms with E-state index in [2.05, 4.69) is 5.32 Å². The monoisotopic (exact) mass is 198 g/mol. The number of hydrogen-bond acceptors (Lipinski definition) is 3. The summed E-state index contributed by atoms with van der Waals surface area (Å²) in [5.41, 5.74) is 0.278. The minimum absolute atomic E-state index is 0.212. The Bertz CT molecular complexity index is 342. The summed E-state index contributed by atoms with van der Waals surface area (Å²) in [5, 5.41) is 13.2. The molecule has 0 heterocycles. The second-order valence-electron chi connectivity index (χ2n) is 2.89. The van der Waals surface area contributed by atoms with E-state index in [1.165, 1.54) is 12.1 Å². The minimum Gasteiger partial charge on any atom is -0.319 e. The maximum atomic E-state index is 13.2. The van der Waals surface area contributed by atoms with E-state index in [-0.39, 0.29) is 5.69 Å². The Kier molecular flexibility index (Phi) is 3.53. The molecule has 0 radical (unpaired) electrons. The van der Waals surface area contributed by atoms with Gasteiger partial charge in [0.15, 0.2) is 0 Å². The number of benzene rings is 1. The van der Waals surface area contributed by atoms with Crippen LogP contribution in [0.1, 0.15) is 5.56 Å². The zero-order valence-corrected chi connectivity index (χ0v) is 7.79. The molecule has 1 aromatic rings. The van der Waals surface area contributed by atoms with Crippen LogP contribution < -0.4 is 5.32 Å². The molecule has 0 aliphatic rings. The molecule has 0 bridgehead atoms. The van der Waals surface area contributed by atoms with E-state index in [1.54, 1.807) is 7.05 Å². The Morgan fingerprint density at radius 2 is 2.29 bits per heavy atom. The molecular formula is C9H11FN2O2. The van der Waals surface area contributed by atoms with Crippen molar-refractivity contribution in [1.82, 2.24) is 5.32 Å². The predicted octanol–water partition coefficient (Wildman–Crippen LogP) is 1.50.